The highest BCUT2D eigenvalue weighted by atomic mass is 35.5. The summed E-state index contributed by atoms with van der Waals surface area (Å²) in [4.78, 5) is 29.9. The molecule has 2 N–H and O–H groups in total. The topological polar surface area (TPSA) is 88.6 Å². The highest BCUT2D eigenvalue weighted by molar-refractivity contribution is 6.49. The molecule has 0 fully saturated rings. The second kappa shape index (κ2) is 7.78. The number of carbonyl (C=O) groups excluding carboxylic acids is 2. The Labute approximate surface area is 178 Å². The zero-order valence-electron chi connectivity index (χ0n) is 15.9. The molecule has 4 aromatic rings. The Morgan fingerprint density at radius 3 is 2.63 bits per heavy atom. The largest absolute Gasteiger partial charge is 0.396 e. The van der Waals surface area contributed by atoms with Gasteiger partial charge in [-0.05, 0) is 24.6 Å². The maximum absolute atomic E-state index is 12.8. The summed E-state index contributed by atoms with van der Waals surface area (Å²) in [6.07, 6.45) is 5.93. The normalized spacial score (nSPS) is 13.9. The number of para-hydroxylation sites is 1. The van der Waals surface area contributed by atoms with Crippen LogP contribution in [0.5, 0.6) is 0 Å². The molecule has 0 saturated carbocycles. The number of imidazole rings is 1. The van der Waals surface area contributed by atoms with E-state index in [9.17, 15) is 14.7 Å². The molecule has 7 nitrogen and oxygen atoms in total. The second-order valence-corrected chi connectivity index (χ2v) is 6.93. The number of aromatic nitrogens is 3. The number of hydrogen-bond acceptors (Lipinski definition) is 4. The number of pyridine rings is 1. The van der Waals surface area contributed by atoms with Crippen molar-refractivity contribution in [3.8, 4) is 0 Å². The summed E-state index contributed by atoms with van der Waals surface area (Å²) in [6.45, 7) is 0.698. The summed E-state index contributed by atoms with van der Waals surface area (Å²) in [5.74, 6) is -0.828. The van der Waals surface area contributed by atoms with Crippen LogP contribution < -0.4 is 5.32 Å². The molecule has 0 unspecified atom stereocenters. The number of halogens is 1. The number of aliphatic hydroxyl groups is 1. The molecule has 0 spiro atoms. The summed E-state index contributed by atoms with van der Waals surface area (Å²) in [7, 11) is 0. The number of aliphatic hydroxyl groups excluding tert-OH is 1. The third-order valence-electron chi connectivity index (χ3n) is 5.23. The Bertz CT molecular complexity index is 1320. The smallest absolute Gasteiger partial charge is 0.261 e. The fraction of sp³-hybridized carbons (Fsp3) is 0.136. The summed E-state index contributed by atoms with van der Waals surface area (Å²) >= 11 is 0. The zero-order valence-corrected chi connectivity index (χ0v) is 16.7. The lowest BCUT2D eigenvalue weighted by Gasteiger charge is -2.07. The number of aryl methyl sites for hydroxylation is 1. The van der Waals surface area contributed by atoms with Crippen molar-refractivity contribution in [2.24, 2.45) is 0 Å². The Hall–Kier alpha value is -3.42. The number of nitrogens with zero attached hydrogens (tertiary/aromatic N) is 3. The standard InChI is InChI=1S/C22H18N4O3.ClH/c27-12-4-10-25-13-15(14-5-1-2-6-16(14)25)19-20(22(29)24-21(19)28)17-7-3-8-18-23-9-11-26(17)18;/h1-3,5-9,11,13,27H,4,10,12H2,(H,24,28,29);1H. The Balaban J connectivity index is 0.00000218. The lowest BCUT2D eigenvalue weighted by molar-refractivity contribution is -0.122. The van der Waals surface area contributed by atoms with Gasteiger partial charge >= 0.3 is 0 Å². The van der Waals surface area contributed by atoms with Crippen molar-refractivity contribution in [3.63, 3.8) is 0 Å². The monoisotopic (exact) mass is 422 g/mol. The molecule has 2 amide bonds. The molecule has 4 heterocycles. The lowest BCUT2D eigenvalue weighted by Crippen LogP contribution is -2.23. The molecular formula is C22H19ClN4O3. The van der Waals surface area contributed by atoms with Crippen LogP contribution in [0.3, 0.4) is 0 Å². The molecule has 0 radical (unpaired) electrons. The minimum absolute atomic E-state index is 0. The number of imide groups is 1. The van der Waals surface area contributed by atoms with Crippen LogP contribution in [0.1, 0.15) is 17.7 Å². The van der Waals surface area contributed by atoms with Crippen LogP contribution in [-0.2, 0) is 16.1 Å². The van der Waals surface area contributed by atoms with Crippen LogP contribution in [0.2, 0.25) is 0 Å². The number of carbonyl (C=O) groups is 2. The van der Waals surface area contributed by atoms with E-state index in [-0.39, 0.29) is 19.0 Å². The van der Waals surface area contributed by atoms with Gasteiger partial charge in [0, 0.05) is 48.2 Å². The highest BCUT2D eigenvalue weighted by Gasteiger charge is 2.34. The first-order chi connectivity index (χ1) is 14.2. The van der Waals surface area contributed by atoms with Gasteiger partial charge in [-0.25, -0.2) is 4.98 Å². The number of amides is 2. The van der Waals surface area contributed by atoms with Crippen molar-refractivity contribution in [3.05, 3.63) is 72.3 Å². The molecule has 0 aliphatic carbocycles. The number of fused-ring (bicyclic) bond motifs is 2. The van der Waals surface area contributed by atoms with Gasteiger partial charge in [0.05, 0.1) is 16.8 Å². The van der Waals surface area contributed by atoms with Crippen molar-refractivity contribution >= 4 is 51.9 Å². The van der Waals surface area contributed by atoms with Crippen LogP contribution in [0.4, 0.5) is 0 Å². The first-order valence-corrected chi connectivity index (χ1v) is 9.40. The maximum atomic E-state index is 12.8. The third-order valence-corrected chi connectivity index (χ3v) is 5.23. The Morgan fingerprint density at radius 2 is 1.80 bits per heavy atom. The van der Waals surface area contributed by atoms with Gasteiger partial charge in [0.1, 0.15) is 5.65 Å². The van der Waals surface area contributed by atoms with Crippen LogP contribution in [0.15, 0.2) is 61.1 Å². The van der Waals surface area contributed by atoms with Gasteiger partial charge < -0.3 is 9.67 Å². The van der Waals surface area contributed by atoms with Crippen LogP contribution in [-0.4, -0.2) is 37.5 Å². The van der Waals surface area contributed by atoms with Gasteiger partial charge in [0.25, 0.3) is 11.8 Å². The van der Waals surface area contributed by atoms with E-state index < -0.39 is 11.8 Å². The predicted molar refractivity (Wildman–Crippen MR) is 116 cm³/mol. The van der Waals surface area contributed by atoms with Gasteiger partial charge in [-0.2, -0.15) is 0 Å². The van der Waals surface area contributed by atoms with E-state index in [1.165, 1.54) is 0 Å². The molecule has 1 aliphatic rings. The molecule has 0 atom stereocenters. The van der Waals surface area contributed by atoms with E-state index in [0.29, 0.717) is 41.0 Å². The molecular weight excluding hydrogens is 404 g/mol. The van der Waals surface area contributed by atoms with E-state index in [1.807, 2.05) is 53.2 Å². The van der Waals surface area contributed by atoms with Crippen LogP contribution in [0, 0.1) is 0 Å². The van der Waals surface area contributed by atoms with Gasteiger partial charge in [0.15, 0.2) is 0 Å². The van der Waals surface area contributed by atoms with Gasteiger partial charge in [-0.1, -0.05) is 24.3 Å². The Kier molecular flexibility index (Phi) is 5.15. The van der Waals surface area contributed by atoms with E-state index >= 15 is 0 Å². The summed E-state index contributed by atoms with van der Waals surface area (Å²) in [5.41, 5.74) is 3.67. The summed E-state index contributed by atoms with van der Waals surface area (Å²) in [6, 6.07) is 13.2. The average molecular weight is 423 g/mol. The van der Waals surface area contributed by atoms with Crippen molar-refractivity contribution in [1.29, 1.82) is 0 Å². The number of nitrogens with one attached hydrogen (secondary N) is 1. The maximum Gasteiger partial charge on any atom is 0.261 e. The molecule has 0 bridgehead atoms. The number of benzene rings is 1. The molecule has 1 aliphatic heterocycles. The lowest BCUT2D eigenvalue weighted by atomic mass is 9.98. The van der Waals surface area contributed by atoms with Crippen molar-refractivity contribution in [2.75, 3.05) is 6.61 Å². The molecule has 8 heteroatoms. The molecule has 3 aromatic heterocycles. The number of hydrogen-bond donors (Lipinski definition) is 2. The fourth-order valence-corrected chi connectivity index (χ4v) is 3.98. The second-order valence-electron chi connectivity index (χ2n) is 6.93. The summed E-state index contributed by atoms with van der Waals surface area (Å²) < 4.78 is 3.82. The highest BCUT2D eigenvalue weighted by Crippen LogP contribution is 2.36. The molecule has 1 aromatic carbocycles. The van der Waals surface area contributed by atoms with Crippen LogP contribution >= 0.6 is 12.4 Å². The molecule has 30 heavy (non-hydrogen) atoms. The van der Waals surface area contributed by atoms with E-state index in [0.717, 1.165) is 10.9 Å². The fourth-order valence-electron chi connectivity index (χ4n) is 3.98. The third kappa shape index (κ3) is 2.99. The molecule has 152 valence electrons. The SMILES string of the molecule is Cl.O=C1NC(=O)C(c2cccc3nccn23)=C1c1cn(CCCO)c2ccccc12. The van der Waals surface area contributed by atoms with Crippen molar-refractivity contribution < 1.29 is 14.7 Å². The van der Waals surface area contributed by atoms with Crippen molar-refractivity contribution in [1.82, 2.24) is 19.3 Å². The molecule has 0 saturated heterocycles. The number of rotatable bonds is 5. The Morgan fingerprint density at radius 1 is 1.00 bits per heavy atom. The minimum atomic E-state index is -0.418. The first kappa shape index (κ1) is 19.9. The van der Waals surface area contributed by atoms with Gasteiger partial charge in [-0.15, -0.1) is 12.4 Å². The minimum Gasteiger partial charge on any atom is -0.396 e. The predicted octanol–water partition coefficient (Wildman–Crippen LogP) is 2.66. The average Bonchev–Trinajstić information content (AvgIpc) is 3.41. The van der Waals surface area contributed by atoms with Crippen LogP contribution in [0.25, 0.3) is 27.7 Å². The van der Waals surface area contributed by atoms with E-state index in [1.54, 1.807) is 16.8 Å². The molecule has 5 rings (SSSR count). The van der Waals surface area contributed by atoms with E-state index in [4.69, 9.17) is 0 Å². The quantitative estimate of drug-likeness (QED) is 0.484. The van der Waals surface area contributed by atoms with Gasteiger partial charge in [-0.3, -0.25) is 19.3 Å². The zero-order chi connectivity index (χ0) is 20.0. The first-order valence-electron chi connectivity index (χ1n) is 9.40. The van der Waals surface area contributed by atoms with Gasteiger partial charge in [0.2, 0.25) is 0 Å². The van der Waals surface area contributed by atoms with E-state index in [2.05, 4.69) is 10.3 Å². The van der Waals surface area contributed by atoms with Crippen molar-refractivity contribution in [2.45, 2.75) is 13.0 Å². The summed E-state index contributed by atoms with van der Waals surface area (Å²) in [5, 5.41) is 12.6.